The van der Waals surface area contributed by atoms with Crippen LogP contribution in [0.3, 0.4) is 0 Å². The molecule has 0 saturated carbocycles. The molecule has 5 nitrogen and oxygen atoms in total. The van der Waals surface area contributed by atoms with Gasteiger partial charge in [-0.15, -0.1) is 0 Å². The number of carbonyl (C=O) groups is 1. The highest BCUT2D eigenvalue weighted by Crippen LogP contribution is 2.25. The number of carbonyl (C=O) groups excluding carboxylic acids is 1. The van der Waals surface area contributed by atoms with Gasteiger partial charge in [0, 0.05) is 19.7 Å². The molecule has 0 heterocycles. The van der Waals surface area contributed by atoms with Crippen molar-refractivity contribution in [2.24, 2.45) is 0 Å². The van der Waals surface area contributed by atoms with Crippen LogP contribution >= 0.6 is 0 Å². The van der Waals surface area contributed by atoms with Crippen LogP contribution < -0.4 is 9.62 Å². The van der Waals surface area contributed by atoms with E-state index in [0.717, 1.165) is 17.5 Å². The molecule has 6 heteroatoms. The number of sulfonamides is 1. The molecule has 0 aliphatic carbocycles. The number of hydrogen-bond acceptors (Lipinski definition) is 3. The number of rotatable bonds is 5. The normalized spacial score (nSPS) is 11.2. The second kappa shape index (κ2) is 7.05. The fourth-order valence-electron chi connectivity index (χ4n) is 2.39. The molecule has 0 bridgehead atoms. The number of para-hydroxylation sites is 1. The van der Waals surface area contributed by atoms with Crippen molar-refractivity contribution in [3.8, 4) is 0 Å². The Morgan fingerprint density at radius 1 is 1.12 bits per heavy atom. The molecule has 0 aliphatic heterocycles. The van der Waals surface area contributed by atoms with Gasteiger partial charge >= 0.3 is 0 Å². The van der Waals surface area contributed by atoms with Crippen LogP contribution in [0.2, 0.25) is 0 Å². The van der Waals surface area contributed by atoms with Crippen LogP contribution in [0.15, 0.2) is 47.4 Å². The average Bonchev–Trinajstić information content (AvgIpc) is 2.56. The van der Waals surface area contributed by atoms with Crippen molar-refractivity contribution < 1.29 is 13.2 Å². The number of benzene rings is 2. The summed E-state index contributed by atoms with van der Waals surface area (Å²) in [6, 6.07) is 11.9. The zero-order chi connectivity index (χ0) is 17.9. The number of nitrogens with zero attached hydrogens (tertiary/aromatic N) is 1. The minimum absolute atomic E-state index is 0.115. The van der Waals surface area contributed by atoms with E-state index < -0.39 is 10.0 Å². The van der Waals surface area contributed by atoms with Gasteiger partial charge in [0.1, 0.15) is 0 Å². The predicted octanol–water partition coefficient (Wildman–Crippen LogP) is 3.34. The fourth-order valence-corrected chi connectivity index (χ4v) is 3.57. The molecule has 1 amide bonds. The summed E-state index contributed by atoms with van der Waals surface area (Å²) in [4.78, 5) is 13.0. The quantitative estimate of drug-likeness (QED) is 0.903. The molecule has 0 atom stereocenters. The molecule has 2 aromatic carbocycles. The standard InChI is InChI=1S/C18H22N2O3S/c1-5-15-8-6-7-13(2)18(15)19-24(22,23)17-11-9-16(10-12-17)20(4)14(3)21/h6-12,19H,5H2,1-4H3. The Morgan fingerprint density at radius 2 is 1.75 bits per heavy atom. The molecule has 0 unspecified atom stereocenters. The second-order valence-electron chi connectivity index (χ2n) is 5.64. The largest absolute Gasteiger partial charge is 0.316 e. The van der Waals surface area contributed by atoms with Crippen LogP contribution in [-0.2, 0) is 21.2 Å². The van der Waals surface area contributed by atoms with Gasteiger partial charge in [0.2, 0.25) is 5.91 Å². The number of nitrogens with one attached hydrogen (secondary N) is 1. The predicted molar refractivity (Wildman–Crippen MR) is 96.9 cm³/mol. The summed E-state index contributed by atoms with van der Waals surface area (Å²) in [5, 5.41) is 0. The van der Waals surface area contributed by atoms with Crippen LogP contribution in [-0.4, -0.2) is 21.4 Å². The van der Waals surface area contributed by atoms with Crippen LogP contribution in [0.25, 0.3) is 0 Å². The Balaban J connectivity index is 2.33. The minimum Gasteiger partial charge on any atom is -0.316 e. The molecule has 1 N–H and O–H groups in total. The summed E-state index contributed by atoms with van der Waals surface area (Å²) in [5.74, 6) is -0.115. The lowest BCUT2D eigenvalue weighted by atomic mass is 10.1. The Labute approximate surface area is 143 Å². The van der Waals surface area contributed by atoms with Gasteiger partial charge < -0.3 is 4.90 Å². The molecule has 2 rings (SSSR count). The number of anilines is 2. The molecule has 2 aromatic rings. The first-order chi connectivity index (χ1) is 11.3. The van der Waals surface area contributed by atoms with Gasteiger partial charge in [-0.1, -0.05) is 25.1 Å². The van der Waals surface area contributed by atoms with E-state index in [2.05, 4.69) is 4.72 Å². The van der Waals surface area contributed by atoms with Gasteiger partial charge in [0.05, 0.1) is 10.6 Å². The minimum atomic E-state index is -3.68. The fraction of sp³-hybridized carbons (Fsp3) is 0.278. The van der Waals surface area contributed by atoms with Crippen molar-refractivity contribution in [2.45, 2.75) is 32.1 Å². The average molecular weight is 346 g/mol. The summed E-state index contributed by atoms with van der Waals surface area (Å²) >= 11 is 0. The highest BCUT2D eigenvalue weighted by Gasteiger charge is 2.17. The molecule has 24 heavy (non-hydrogen) atoms. The van der Waals surface area contributed by atoms with Gasteiger partial charge in [-0.25, -0.2) is 8.42 Å². The summed E-state index contributed by atoms with van der Waals surface area (Å²) in [7, 11) is -2.04. The van der Waals surface area contributed by atoms with E-state index in [9.17, 15) is 13.2 Å². The SMILES string of the molecule is CCc1cccc(C)c1NS(=O)(=O)c1ccc(N(C)C(C)=O)cc1. The summed E-state index contributed by atoms with van der Waals surface area (Å²) in [6.07, 6.45) is 0.738. The molecular weight excluding hydrogens is 324 g/mol. The smallest absolute Gasteiger partial charge is 0.261 e. The topological polar surface area (TPSA) is 66.5 Å². The second-order valence-corrected chi connectivity index (χ2v) is 7.32. The first kappa shape index (κ1) is 18.0. The molecule has 0 aliphatic rings. The van der Waals surface area contributed by atoms with Crippen LogP contribution in [0.4, 0.5) is 11.4 Å². The van der Waals surface area contributed by atoms with Crippen LogP contribution in [0, 0.1) is 6.92 Å². The lowest BCUT2D eigenvalue weighted by Gasteiger charge is -2.17. The Hall–Kier alpha value is -2.34. The third kappa shape index (κ3) is 3.76. The first-order valence-electron chi connectivity index (χ1n) is 7.72. The zero-order valence-electron chi connectivity index (χ0n) is 14.3. The van der Waals surface area contributed by atoms with E-state index in [1.54, 1.807) is 19.2 Å². The van der Waals surface area contributed by atoms with E-state index in [1.807, 2.05) is 32.0 Å². The third-order valence-corrected chi connectivity index (χ3v) is 5.35. The Kier molecular flexibility index (Phi) is 5.29. The van der Waals surface area contributed by atoms with Gasteiger partial charge in [-0.3, -0.25) is 9.52 Å². The first-order valence-corrected chi connectivity index (χ1v) is 9.20. The van der Waals surface area contributed by atoms with Gasteiger partial charge in [-0.05, 0) is 48.7 Å². The number of amides is 1. The Bertz CT molecular complexity index is 843. The summed E-state index contributed by atoms with van der Waals surface area (Å²) in [6.45, 7) is 5.32. The lowest BCUT2D eigenvalue weighted by molar-refractivity contribution is -0.116. The lowest BCUT2D eigenvalue weighted by Crippen LogP contribution is -2.22. The van der Waals surface area contributed by atoms with E-state index in [4.69, 9.17) is 0 Å². The molecule has 0 saturated heterocycles. The van der Waals surface area contributed by atoms with Crippen molar-refractivity contribution in [1.29, 1.82) is 0 Å². The number of hydrogen-bond donors (Lipinski definition) is 1. The molecule has 0 aromatic heterocycles. The van der Waals surface area contributed by atoms with Gasteiger partial charge in [-0.2, -0.15) is 0 Å². The maximum Gasteiger partial charge on any atom is 0.261 e. The monoisotopic (exact) mass is 346 g/mol. The molecule has 0 spiro atoms. The zero-order valence-corrected chi connectivity index (χ0v) is 15.1. The van der Waals surface area contributed by atoms with Crippen LogP contribution in [0.5, 0.6) is 0 Å². The molecule has 0 fully saturated rings. The van der Waals surface area contributed by atoms with Crippen molar-refractivity contribution >= 4 is 27.3 Å². The van der Waals surface area contributed by atoms with Gasteiger partial charge in [0.25, 0.3) is 10.0 Å². The van der Waals surface area contributed by atoms with Crippen LogP contribution in [0.1, 0.15) is 25.0 Å². The maximum atomic E-state index is 12.6. The van der Waals surface area contributed by atoms with E-state index in [1.165, 1.54) is 24.0 Å². The number of aryl methyl sites for hydroxylation is 2. The van der Waals surface area contributed by atoms with Crippen molar-refractivity contribution in [1.82, 2.24) is 0 Å². The molecular formula is C18H22N2O3S. The van der Waals surface area contributed by atoms with Gasteiger partial charge in [0.15, 0.2) is 0 Å². The van der Waals surface area contributed by atoms with Crippen molar-refractivity contribution in [2.75, 3.05) is 16.7 Å². The highest BCUT2D eigenvalue weighted by molar-refractivity contribution is 7.92. The Morgan fingerprint density at radius 3 is 2.29 bits per heavy atom. The third-order valence-electron chi connectivity index (χ3n) is 3.98. The molecule has 128 valence electrons. The highest BCUT2D eigenvalue weighted by atomic mass is 32.2. The van der Waals surface area contributed by atoms with Crippen molar-refractivity contribution in [3.63, 3.8) is 0 Å². The van der Waals surface area contributed by atoms with Crippen molar-refractivity contribution in [3.05, 3.63) is 53.6 Å². The summed E-state index contributed by atoms with van der Waals surface area (Å²) < 4.78 is 28.0. The summed E-state index contributed by atoms with van der Waals surface area (Å²) in [5.41, 5.74) is 3.11. The maximum absolute atomic E-state index is 12.6. The van der Waals surface area contributed by atoms with E-state index in [-0.39, 0.29) is 10.8 Å². The van der Waals surface area contributed by atoms with E-state index >= 15 is 0 Å². The van der Waals surface area contributed by atoms with E-state index in [0.29, 0.717) is 11.4 Å². The molecule has 0 radical (unpaired) electrons.